The van der Waals surface area contributed by atoms with Crippen LogP contribution in [0.4, 0.5) is 9.18 Å². The number of likely N-dealkylation sites (tertiary alicyclic amines) is 1. The molecule has 2 saturated heterocycles. The van der Waals surface area contributed by atoms with Crippen molar-refractivity contribution in [1.29, 1.82) is 0 Å². The molecule has 2 aromatic rings. The number of pyridine rings is 1. The molecular formula is C28H34ClFN4O6. The smallest absolute Gasteiger partial charge is 0.410 e. The van der Waals surface area contributed by atoms with Gasteiger partial charge in [-0.1, -0.05) is 17.7 Å². The van der Waals surface area contributed by atoms with Gasteiger partial charge in [0.05, 0.1) is 11.6 Å². The first kappa shape index (κ1) is 28.2. The van der Waals surface area contributed by atoms with Gasteiger partial charge in [0.1, 0.15) is 46.7 Å². The molecule has 10 nitrogen and oxygen atoms in total. The Bertz CT molecular complexity index is 1300. The summed E-state index contributed by atoms with van der Waals surface area (Å²) in [7, 11) is 2.00. The number of phenolic OH excluding ortho intramolecular Hbond substituents is 1. The van der Waals surface area contributed by atoms with Crippen molar-refractivity contribution in [2.75, 3.05) is 46.4 Å². The van der Waals surface area contributed by atoms with Crippen LogP contribution in [0.25, 0.3) is 11.3 Å². The van der Waals surface area contributed by atoms with Crippen LogP contribution in [0.3, 0.4) is 0 Å². The average Bonchev–Trinajstić information content (AvgIpc) is 3.23. The number of rotatable bonds is 4. The number of aromatic hydroxyl groups is 1. The number of phenols is 1. The van der Waals surface area contributed by atoms with E-state index in [2.05, 4.69) is 9.88 Å². The molecular weight excluding hydrogens is 543 g/mol. The van der Waals surface area contributed by atoms with Crippen LogP contribution in [0, 0.1) is 5.82 Å². The van der Waals surface area contributed by atoms with E-state index in [0.29, 0.717) is 0 Å². The zero-order valence-electron chi connectivity index (χ0n) is 23.1. The predicted molar refractivity (Wildman–Crippen MR) is 146 cm³/mol. The Labute approximate surface area is 237 Å². The molecule has 0 aliphatic carbocycles. The van der Waals surface area contributed by atoms with Gasteiger partial charge < -0.3 is 34.0 Å². The summed E-state index contributed by atoms with van der Waals surface area (Å²) in [5, 5.41) is 10.4. The first-order valence-corrected chi connectivity index (χ1v) is 13.8. The standard InChI is InChI=1S/C28H34ClFN4O6/c1-28(2,3)40-27(37)33-11-12-34-17(13-33)15-38-24-21(26(34)36)25(39-14-16-7-6-10-32(16)4)31-23(22(24)29)20-18(30)8-5-9-19(20)35/h5,8-9,16-17,35H,6-7,10-15H2,1-4H3/t16-,17+/m0/s1. The van der Waals surface area contributed by atoms with E-state index >= 15 is 0 Å². The highest BCUT2D eigenvalue weighted by molar-refractivity contribution is 6.35. The average molecular weight is 577 g/mol. The van der Waals surface area contributed by atoms with E-state index in [9.17, 15) is 19.1 Å². The summed E-state index contributed by atoms with van der Waals surface area (Å²) in [6.45, 7) is 7.30. The van der Waals surface area contributed by atoms with Crippen LogP contribution in [-0.2, 0) is 4.74 Å². The van der Waals surface area contributed by atoms with Gasteiger partial charge in [-0.15, -0.1) is 0 Å². The van der Waals surface area contributed by atoms with Crippen molar-refractivity contribution < 1.29 is 33.3 Å². The minimum atomic E-state index is -0.735. The Balaban J connectivity index is 1.52. The second kappa shape index (κ2) is 10.9. The fourth-order valence-electron chi connectivity index (χ4n) is 5.31. The summed E-state index contributed by atoms with van der Waals surface area (Å²) >= 11 is 6.73. The summed E-state index contributed by atoms with van der Waals surface area (Å²) in [5.41, 5.74) is -0.923. The van der Waals surface area contributed by atoms with Crippen molar-refractivity contribution in [2.45, 2.75) is 51.3 Å². The lowest BCUT2D eigenvalue weighted by molar-refractivity contribution is 0.000896. The van der Waals surface area contributed by atoms with E-state index in [0.717, 1.165) is 19.4 Å². The van der Waals surface area contributed by atoms with E-state index in [1.807, 2.05) is 7.05 Å². The summed E-state index contributed by atoms with van der Waals surface area (Å²) in [5.74, 6) is -1.54. The molecule has 0 radical (unpaired) electrons. The van der Waals surface area contributed by atoms with Crippen LogP contribution in [0.15, 0.2) is 18.2 Å². The molecule has 3 aliphatic heterocycles. The van der Waals surface area contributed by atoms with Crippen LogP contribution < -0.4 is 9.47 Å². The second-order valence-electron chi connectivity index (χ2n) is 11.4. The van der Waals surface area contributed by atoms with Gasteiger partial charge in [0.2, 0.25) is 5.88 Å². The third-order valence-corrected chi connectivity index (χ3v) is 7.75. The topological polar surface area (TPSA) is 105 Å². The highest BCUT2D eigenvalue weighted by atomic mass is 35.5. The number of aromatic nitrogens is 1. The predicted octanol–water partition coefficient (Wildman–Crippen LogP) is 4.17. The molecule has 3 aliphatic rings. The highest BCUT2D eigenvalue weighted by Gasteiger charge is 2.41. The zero-order valence-corrected chi connectivity index (χ0v) is 23.8. The number of carbonyl (C=O) groups is 2. The number of nitrogens with zero attached hydrogens (tertiary/aromatic N) is 4. The molecule has 2 amide bonds. The number of likely N-dealkylation sites (N-methyl/N-ethyl adjacent to an activating group) is 1. The third kappa shape index (κ3) is 5.49. The monoisotopic (exact) mass is 576 g/mol. The minimum Gasteiger partial charge on any atom is -0.507 e. The molecule has 216 valence electrons. The maximum absolute atomic E-state index is 14.9. The van der Waals surface area contributed by atoms with Crippen LogP contribution in [0.2, 0.25) is 5.02 Å². The van der Waals surface area contributed by atoms with E-state index in [1.165, 1.54) is 18.2 Å². The van der Waals surface area contributed by atoms with E-state index < -0.39 is 29.5 Å². The molecule has 0 spiro atoms. The molecule has 5 rings (SSSR count). The normalized spacial score (nSPS) is 21.4. The van der Waals surface area contributed by atoms with Crippen LogP contribution >= 0.6 is 11.6 Å². The fraction of sp³-hybridized carbons (Fsp3) is 0.536. The molecule has 1 N–H and O–H groups in total. The van der Waals surface area contributed by atoms with Crippen molar-refractivity contribution in [1.82, 2.24) is 19.7 Å². The van der Waals surface area contributed by atoms with Crippen LogP contribution in [0.1, 0.15) is 44.0 Å². The maximum atomic E-state index is 14.9. The summed E-state index contributed by atoms with van der Waals surface area (Å²) in [4.78, 5) is 36.6. The van der Waals surface area contributed by atoms with E-state index in [-0.39, 0.29) is 78.1 Å². The Morgan fingerprint density at radius 3 is 2.70 bits per heavy atom. The van der Waals surface area contributed by atoms with Gasteiger partial charge in [-0.25, -0.2) is 14.2 Å². The number of benzene rings is 1. The molecule has 12 heteroatoms. The molecule has 0 unspecified atom stereocenters. The number of halogens is 2. The lowest BCUT2D eigenvalue weighted by atomic mass is 10.1. The number of amides is 2. The zero-order chi connectivity index (χ0) is 28.8. The minimum absolute atomic E-state index is 0.00677. The lowest BCUT2D eigenvalue weighted by Gasteiger charge is -2.40. The number of piperazine rings is 1. The van der Waals surface area contributed by atoms with Crippen molar-refractivity contribution in [3.8, 4) is 28.6 Å². The summed E-state index contributed by atoms with van der Waals surface area (Å²) in [6.07, 6.45) is 1.48. The summed E-state index contributed by atoms with van der Waals surface area (Å²) < 4.78 is 32.7. The van der Waals surface area contributed by atoms with Gasteiger partial charge in [0.25, 0.3) is 5.91 Å². The van der Waals surface area contributed by atoms with Gasteiger partial charge in [-0.05, 0) is 59.3 Å². The van der Waals surface area contributed by atoms with E-state index in [1.54, 1.807) is 30.6 Å². The Morgan fingerprint density at radius 1 is 1.25 bits per heavy atom. The van der Waals surface area contributed by atoms with Crippen molar-refractivity contribution >= 4 is 23.6 Å². The van der Waals surface area contributed by atoms with E-state index in [4.69, 9.17) is 25.8 Å². The van der Waals surface area contributed by atoms with Gasteiger partial charge in [-0.2, -0.15) is 0 Å². The molecule has 1 aromatic heterocycles. The second-order valence-corrected chi connectivity index (χ2v) is 11.8. The van der Waals surface area contributed by atoms with Crippen LogP contribution in [-0.4, -0.2) is 101 Å². The van der Waals surface area contributed by atoms with Gasteiger partial charge in [-0.3, -0.25) is 4.79 Å². The maximum Gasteiger partial charge on any atom is 0.410 e. The van der Waals surface area contributed by atoms with Gasteiger partial charge in [0.15, 0.2) is 5.75 Å². The molecule has 4 heterocycles. The number of hydrogen-bond donors (Lipinski definition) is 1. The first-order chi connectivity index (χ1) is 18.9. The van der Waals surface area contributed by atoms with Crippen LogP contribution in [0.5, 0.6) is 17.4 Å². The Hall–Kier alpha value is -3.31. The third-order valence-electron chi connectivity index (χ3n) is 7.40. The molecule has 1 aromatic carbocycles. The lowest BCUT2D eigenvalue weighted by Crippen LogP contribution is -2.58. The number of ether oxygens (including phenoxy) is 3. The van der Waals surface area contributed by atoms with Gasteiger partial charge in [0, 0.05) is 25.7 Å². The number of carbonyl (C=O) groups excluding carboxylic acids is 2. The quantitative estimate of drug-likeness (QED) is 0.578. The number of fused-ring (bicyclic) bond motifs is 2. The molecule has 0 saturated carbocycles. The Morgan fingerprint density at radius 2 is 2.02 bits per heavy atom. The largest absolute Gasteiger partial charge is 0.507 e. The highest BCUT2D eigenvalue weighted by Crippen LogP contribution is 2.46. The SMILES string of the molecule is CN1CCC[C@H]1COc1nc(-c2c(O)cccc2F)c(Cl)c2c1C(=O)N1CCN(C(=O)OC(C)(C)C)C[C@@H]1CO2. The fourth-order valence-corrected chi connectivity index (χ4v) is 5.59. The Kier molecular flexibility index (Phi) is 7.71. The van der Waals surface area contributed by atoms with Gasteiger partial charge >= 0.3 is 6.09 Å². The molecule has 2 fully saturated rings. The molecule has 2 atom stereocenters. The van der Waals surface area contributed by atoms with Crippen molar-refractivity contribution in [2.24, 2.45) is 0 Å². The molecule has 40 heavy (non-hydrogen) atoms. The molecule has 0 bridgehead atoms. The first-order valence-electron chi connectivity index (χ1n) is 13.4. The number of hydrogen-bond acceptors (Lipinski definition) is 8. The van der Waals surface area contributed by atoms with Crippen molar-refractivity contribution in [3.63, 3.8) is 0 Å². The van der Waals surface area contributed by atoms with Crippen molar-refractivity contribution in [3.05, 3.63) is 34.6 Å². The summed E-state index contributed by atoms with van der Waals surface area (Å²) in [6, 6.07) is 3.51.